The highest BCUT2D eigenvalue weighted by atomic mass is 16.3. The van der Waals surface area contributed by atoms with Crippen molar-refractivity contribution < 1.29 is 15.0 Å². The van der Waals surface area contributed by atoms with E-state index in [0.29, 0.717) is 19.6 Å². The first-order valence-electron chi connectivity index (χ1n) is 5.46. The zero-order chi connectivity index (χ0) is 11.3. The van der Waals surface area contributed by atoms with Crippen molar-refractivity contribution in [1.82, 2.24) is 9.80 Å². The van der Waals surface area contributed by atoms with Crippen molar-refractivity contribution in [1.29, 1.82) is 0 Å². The van der Waals surface area contributed by atoms with Crippen LogP contribution in [0, 0.1) is 0 Å². The van der Waals surface area contributed by atoms with Gasteiger partial charge in [-0.3, -0.25) is 9.69 Å². The van der Waals surface area contributed by atoms with Gasteiger partial charge in [0.05, 0.1) is 6.10 Å². The lowest BCUT2D eigenvalue weighted by molar-refractivity contribution is -0.136. The van der Waals surface area contributed by atoms with Crippen molar-refractivity contribution in [3.05, 3.63) is 0 Å². The average molecular weight is 216 g/mol. The largest absolute Gasteiger partial charge is 0.392 e. The van der Waals surface area contributed by atoms with Crippen LogP contribution in [0.25, 0.3) is 0 Å². The zero-order valence-corrected chi connectivity index (χ0v) is 9.22. The molecule has 1 atom stereocenters. The molecular formula is C10H20N2O3. The van der Waals surface area contributed by atoms with Crippen molar-refractivity contribution in [2.75, 3.05) is 39.3 Å². The summed E-state index contributed by atoms with van der Waals surface area (Å²) < 4.78 is 0. The van der Waals surface area contributed by atoms with Crippen LogP contribution in [-0.2, 0) is 4.79 Å². The molecule has 1 saturated heterocycles. The van der Waals surface area contributed by atoms with Crippen molar-refractivity contribution in [3.8, 4) is 0 Å². The predicted molar refractivity (Wildman–Crippen MR) is 56.4 cm³/mol. The van der Waals surface area contributed by atoms with Gasteiger partial charge in [0.25, 0.3) is 0 Å². The second kappa shape index (κ2) is 6.05. The molecule has 0 bridgehead atoms. The Balaban J connectivity index is 2.26. The Kier molecular flexibility index (Phi) is 5.01. The molecule has 5 heteroatoms. The third-order valence-corrected chi connectivity index (χ3v) is 2.80. The van der Waals surface area contributed by atoms with E-state index in [-0.39, 0.29) is 12.0 Å². The lowest BCUT2D eigenvalue weighted by Gasteiger charge is -2.35. The molecule has 0 aliphatic carbocycles. The Morgan fingerprint density at radius 1 is 1.33 bits per heavy atom. The highest BCUT2D eigenvalue weighted by Gasteiger charge is 2.21. The number of β-amino-alcohol motifs (C(OH)–C–C–N with tert-alkyl or cyclic N) is 1. The fourth-order valence-electron chi connectivity index (χ4n) is 1.71. The number of aliphatic hydroxyl groups is 2. The summed E-state index contributed by atoms with van der Waals surface area (Å²) in [5.41, 5.74) is 0. The molecule has 5 nitrogen and oxygen atoms in total. The number of hydrogen-bond donors (Lipinski definition) is 2. The zero-order valence-electron chi connectivity index (χ0n) is 9.22. The molecule has 2 N–H and O–H groups in total. The number of hydrogen-bond acceptors (Lipinski definition) is 4. The van der Waals surface area contributed by atoms with Crippen molar-refractivity contribution in [3.63, 3.8) is 0 Å². The van der Waals surface area contributed by atoms with Gasteiger partial charge in [-0.05, 0) is 6.42 Å². The summed E-state index contributed by atoms with van der Waals surface area (Å²) in [4.78, 5) is 15.0. The summed E-state index contributed by atoms with van der Waals surface area (Å²) in [6.07, 6.45) is 0.487. The van der Waals surface area contributed by atoms with Gasteiger partial charge in [-0.2, -0.15) is 0 Å². The summed E-state index contributed by atoms with van der Waals surface area (Å²) in [6.45, 7) is 5.09. The molecule has 1 aliphatic heterocycles. The molecule has 1 rings (SSSR count). The lowest BCUT2D eigenvalue weighted by Crippen LogP contribution is -2.51. The first-order valence-corrected chi connectivity index (χ1v) is 5.46. The third kappa shape index (κ3) is 3.77. The minimum Gasteiger partial charge on any atom is -0.392 e. The molecule has 0 radical (unpaired) electrons. The van der Waals surface area contributed by atoms with Gasteiger partial charge in [-0.15, -0.1) is 0 Å². The first-order chi connectivity index (χ1) is 7.17. The van der Waals surface area contributed by atoms with E-state index in [1.165, 1.54) is 0 Å². The normalized spacial score (nSPS) is 20.3. The highest BCUT2D eigenvalue weighted by Crippen LogP contribution is 2.04. The Morgan fingerprint density at radius 2 is 1.93 bits per heavy atom. The number of carbonyl (C=O) groups excluding carboxylic acids is 1. The van der Waals surface area contributed by atoms with E-state index in [2.05, 4.69) is 4.90 Å². The quantitative estimate of drug-likeness (QED) is 0.626. The van der Waals surface area contributed by atoms with Crippen LogP contribution in [0.5, 0.6) is 0 Å². The molecule has 0 aromatic rings. The predicted octanol–water partition coefficient (Wildman–Crippen LogP) is -1.11. The maximum absolute atomic E-state index is 11.2. The molecule has 1 amide bonds. The van der Waals surface area contributed by atoms with Gasteiger partial charge in [-0.25, -0.2) is 0 Å². The van der Waals surface area contributed by atoms with Gasteiger partial charge in [0.1, 0.15) is 6.61 Å². The number of rotatable bonds is 4. The van der Waals surface area contributed by atoms with Crippen LogP contribution in [0.1, 0.15) is 13.3 Å². The topological polar surface area (TPSA) is 64.0 Å². The molecule has 0 aromatic heterocycles. The number of aliphatic hydroxyl groups excluding tert-OH is 2. The van der Waals surface area contributed by atoms with Crippen molar-refractivity contribution in [2.45, 2.75) is 19.4 Å². The molecule has 1 unspecified atom stereocenters. The monoisotopic (exact) mass is 216 g/mol. The average Bonchev–Trinajstić information content (AvgIpc) is 2.29. The number of piperazine rings is 1. The molecule has 0 aromatic carbocycles. The lowest BCUT2D eigenvalue weighted by atomic mass is 10.2. The van der Waals surface area contributed by atoms with Gasteiger partial charge in [0, 0.05) is 32.7 Å². The van der Waals surface area contributed by atoms with E-state index < -0.39 is 6.61 Å². The van der Waals surface area contributed by atoms with Crippen LogP contribution in [0.2, 0.25) is 0 Å². The number of nitrogens with zero attached hydrogens (tertiary/aromatic N) is 2. The van der Waals surface area contributed by atoms with E-state index in [9.17, 15) is 9.90 Å². The van der Waals surface area contributed by atoms with Crippen LogP contribution in [0.3, 0.4) is 0 Å². The van der Waals surface area contributed by atoms with Gasteiger partial charge in [0.2, 0.25) is 5.91 Å². The van der Waals surface area contributed by atoms with E-state index in [0.717, 1.165) is 19.5 Å². The smallest absolute Gasteiger partial charge is 0.248 e. The molecular weight excluding hydrogens is 196 g/mol. The summed E-state index contributed by atoms with van der Waals surface area (Å²) in [7, 11) is 0. The summed E-state index contributed by atoms with van der Waals surface area (Å²) >= 11 is 0. The third-order valence-electron chi connectivity index (χ3n) is 2.80. The molecule has 1 heterocycles. The van der Waals surface area contributed by atoms with Crippen LogP contribution in [0.15, 0.2) is 0 Å². The molecule has 0 spiro atoms. The Hall–Kier alpha value is -0.650. The first kappa shape index (κ1) is 12.4. The number of amides is 1. The fraction of sp³-hybridized carbons (Fsp3) is 0.900. The molecule has 88 valence electrons. The maximum atomic E-state index is 11.2. The van der Waals surface area contributed by atoms with Gasteiger partial charge >= 0.3 is 0 Å². The van der Waals surface area contributed by atoms with Crippen LogP contribution >= 0.6 is 0 Å². The van der Waals surface area contributed by atoms with Gasteiger partial charge in [-0.1, -0.05) is 6.92 Å². The molecule has 1 fully saturated rings. The Morgan fingerprint density at radius 3 is 2.40 bits per heavy atom. The summed E-state index contributed by atoms with van der Waals surface area (Å²) in [6, 6.07) is 0. The maximum Gasteiger partial charge on any atom is 0.248 e. The standard InChI is InChI=1S/C10H20N2O3/c1-2-9(14)7-11-3-5-12(6-4-11)10(15)8-13/h9,13-14H,2-8H2,1H3. The van der Waals surface area contributed by atoms with Crippen molar-refractivity contribution in [2.24, 2.45) is 0 Å². The minimum atomic E-state index is -0.405. The summed E-state index contributed by atoms with van der Waals surface area (Å²) in [5, 5.41) is 18.2. The fourth-order valence-corrected chi connectivity index (χ4v) is 1.71. The molecule has 0 saturated carbocycles. The Bertz CT molecular complexity index is 203. The van der Waals surface area contributed by atoms with Gasteiger partial charge < -0.3 is 15.1 Å². The second-order valence-electron chi connectivity index (χ2n) is 3.90. The van der Waals surface area contributed by atoms with Crippen LogP contribution in [-0.4, -0.2) is 71.4 Å². The van der Waals surface area contributed by atoms with Crippen molar-refractivity contribution >= 4 is 5.91 Å². The van der Waals surface area contributed by atoms with Crippen LogP contribution in [0.4, 0.5) is 0 Å². The van der Waals surface area contributed by atoms with Gasteiger partial charge in [0.15, 0.2) is 0 Å². The van der Waals surface area contributed by atoms with E-state index in [1.54, 1.807) is 4.90 Å². The van der Waals surface area contributed by atoms with E-state index in [4.69, 9.17) is 5.11 Å². The van der Waals surface area contributed by atoms with E-state index >= 15 is 0 Å². The van der Waals surface area contributed by atoms with Crippen LogP contribution < -0.4 is 0 Å². The minimum absolute atomic E-state index is 0.203. The SMILES string of the molecule is CCC(O)CN1CCN(C(=O)CO)CC1. The number of carbonyl (C=O) groups is 1. The molecule has 1 aliphatic rings. The highest BCUT2D eigenvalue weighted by molar-refractivity contribution is 5.77. The Labute approximate surface area is 90.3 Å². The second-order valence-corrected chi connectivity index (χ2v) is 3.90. The van der Waals surface area contributed by atoms with E-state index in [1.807, 2.05) is 6.92 Å². The summed E-state index contributed by atoms with van der Waals surface area (Å²) in [5.74, 6) is -0.203. The molecule has 15 heavy (non-hydrogen) atoms.